The maximum absolute atomic E-state index is 12.2. The molecule has 0 aliphatic carbocycles. The van der Waals surface area contributed by atoms with Gasteiger partial charge in [-0.2, -0.15) is 0 Å². The highest BCUT2D eigenvalue weighted by atomic mass is 35.5. The molecule has 1 aromatic heterocycles. The molecule has 0 saturated carbocycles. The number of rotatable bonds is 3. The van der Waals surface area contributed by atoms with Crippen molar-refractivity contribution in [2.24, 2.45) is 0 Å². The van der Waals surface area contributed by atoms with Crippen LogP contribution in [0.25, 0.3) is 0 Å². The van der Waals surface area contributed by atoms with Crippen molar-refractivity contribution < 1.29 is 4.79 Å². The van der Waals surface area contributed by atoms with Crippen LogP contribution in [0.15, 0.2) is 23.0 Å². The quantitative estimate of drug-likeness (QED) is 0.760. The fourth-order valence-corrected chi connectivity index (χ4v) is 2.51. The molecule has 0 fully saturated rings. The molecule has 0 unspecified atom stereocenters. The second kappa shape index (κ2) is 6.24. The molecule has 0 spiro atoms. The van der Waals surface area contributed by atoms with E-state index in [4.69, 9.17) is 23.8 Å². The van der Waals surface area contributed by atoms with E-state index in [0.29, 0.717) is 17.3 Å². The van der Waals surface area contributed by atoms with E-state index in [9.17, 15) is 9.59 Å². The molecular weight excluding hydrogens is 310 g/mol. The number of aromatic nitrogens is 2. The average molecular weight is 324 g/mol. The van der Waals surface area contributed by atoms with Gasteiger partial charge in [-0.25, -0.2) is 4.79 Å². The summed E-state index contributed by atoms with van der Waals surface area (Å²) >= 11 is 11.1. The Morgan fingerprint density at radius 3 is 2.71 bits per heavy atom. The fourth-order valence-electron chi connectivity index (χ4n) is 1.98. The van der Waals surface area contributed by atoms with E-state index in [1.54, 1.807) is 13.0 Å². The molecule has 21 heavy (non-hydrogen) atoms. The van der Waals surface area contributed by atoms with E-state index in [0.717, 1.165) is 11.1 Å². The maximum Gasteiger partial charge on any atom is 0.324 e. The van der Waals surface area contributed by atoms with Crippen LogP contribution in [-0.2, 0) is 6.54 Å². The van der Waals surface area contributed by atoms with E-state index in [2.05, 4.69) is 15.3 Å². The summed E-state index contributed by atoms with van der Waals surface area (Å²) in [5, 5.41) is 3.43. The van der Waals surface area contributed by atoms with Crippen LogP contribution in [0.2, 0.25) is 5.02 Å². The minimum Gasteiger partial charge on any atom is -0.348 e. The summed E-state index contributed by atoms with van der Waals surface area (Å²) < 4.78 is 0.122. The molecule has 3 N–H and O–H groups in total. The van der Waals surface area contributed by atoms with Crippen LogP contribution in [-0.4, -0.2) is 15.9 Å². The number of aromatic amines is 2. The number of carbonyl (C=O) groups is 1. The molecule has 0 radical (unpaired) electrons. The SMILES string of the molecule is Cc1[nH]c(=O)[nH]c(=S)c1C(=O)NCc1cccc(Cl)c1C. The van der Waals surface area contributed by atoms with Crippen molar-refractivity contribution in [2.75, 3.05) is 0 Å². The summed E-state index contributed by atoms with van der Waals surface area (Å²) in [6, 6.07) is 5.51. The van der Waals surface area contributed by atoms with E-state index >= 15 is 0 Å². The predicted molar refractivity (Wildman–Crippen MR) is 84.3 cm³/mol. The Morgan fingerprint density at radius 2 is 2.05 bits per heavy atom. The Hall–Kier alpha value is -1.92. The Morgan fingerprint density at radius 1 is 1.33 bits per heavy atom. The van der Waals surface area contributed by atoms with Gasteiger partial charge in [0.15, 0.2) is 0 Å². The van der Waals surface area contributed by atoms with Crippen molar-refractivity contribution in [3.63, 3.8) is 0 Å². The van der Waals surface area contributed by atoms with Crippen molar-refractivity contribution in [3.8, 4) is 0 Å². The monoisotopic (exact) mass is 323 g/mol. The highest BCUT2D eigenvalue weighted by molar-refractivity contribution is 7.71. The molecule has 5 nitrogen and oxygen atoms in total. The van der Waals surface area contributed by atoms with Crippen LogP contribution in [0.1, 0.15) is 27.2 Å². The largest absolute Gasteiger partial charge is 0.348 e. The number of nitrogens with one attached hydrogen (secondary N) is 3. The van der Waals surface area contributed by atoms with Gasteiger partial charge in [0.1, 0.15) is 4.64 Å². The highest BCUT2D eigenvalue weighted by Gasteiger charge is 2.13. The Kier molecular flexibility index (Phi) is 4.59. The summed E-state index contributed by atoms with van der Waals surface area (Å²) in [5.41, 5.74) is 2.11. The fraction of sp³-hybridized carbons (Fsp3) is 0.214. The molecule has 1 heterocycles. The van der Waals surface area contributed by atoms with Gasteiger partial charge in [-0.15, -0.1) is 0 Å². The van der Waals surface area contributed by atoms with Gasteiger partial charge in [-0.3, -0.25) is 9.78 Å². The van der Waals surface area contributed by atoms with Gasteiger partial charge in [0.25, 0.3) is 5.91 Å². The van der Waals surface area contributed by atoms with Crippen molar-refractivity contribution in [1.82, 2.24) is 15.3 Å². The number of amides is 1. The van der Waals surface area contributed by atoms with Crippen molar-refractivity contribution in [2.45, 2.75) is 20.4 Å². The third-order valence-corrected chi connectivity index (χ3v) is 3.89. The number of H-pyrrole nitrogens is 2. The van der Waals surface area contributed by atoms with Gasteiger partial charge in [0.05, 0.1) is 5.56 Å². The van der Waals surface area contributed by atoms with Crippen molar-refractivity contribution in [3.05, 3.63) is 60.7 Å². The molecule has 2 aromatic rings. The normalized spacial score (nSPS) is 10.4. The first kappa shape index (κ1) is 15.5. The number of halogens is 1. The maximum atomic E-state index is 12.2. The van der Waals surface area contributed by atoms with Gasteiger partial charge >= 0.3 is 5.69 Å². The zero-order chi connectivity index (χ0) is 15.6. The zero-order valence-electron chi connectivity index (χ0n) is 11.5. The first-order chi connectivity index (χ1) is 9.90. The molecule has 1 amide bonds. The lowest BCUT2D eigenvalue weighted by atomic mass is 10.1. The lowest BCUT2D eigenvalue weighted by Gasteiger charge is -2.10. The number of carbonyl (C=O) groups excluding carboxylic acids is 1. The summed E-state index contributed by atoms with van der Waals surface area (Å²) in [6.45, 7) is 3.85. The Bertz CT molecular complexity index is 811. The lowest BCUT2D eigenvalue weighted by Crippen LogP contribution is -2.27. The van der Waals surface area contributed by atoms with Crippen LogP contribution in [0.4, 0.5) is 0 Å². The number of aryl methyl sites for hydroxylation is 1. The first-order valence-electron chi connectivity index (χ1n) is 6.25. The highest BCUT2D eigenvalue weighted by Crippen LogP contribution is 2.18. The van der Waals surface area contributed by atoms with Gasteiger partial charge in [0.2, 0.25) is 0 Å². The summed E-state index contributed by atoms with van der Waals surface area (Å²) in [4.78, 5) is 28.4. The van der Waals surface area contributed by atoms with Gasteiger partial charge in [-0.05, 0) is 31.0 Å². The van der Waals surface area contributed by atoms with Crippen molar-refractivity contribution >= 4 is 29.7 Å². The minimum absolute atomic E-state index is 0.122. The van der Waals surface area contributed by atoms with E-state index in [1.807, 2.05) is 19.1 Å². The summed E-state index contributed by atoms with van der Waals surface area (Å²) in [6.07, 6.45) is 0. The second-order valence-electron chi connectivity index (χ2n) is 4.61. The standard InChI is InChI=1S/C14H14ClN3O2S/c1-7-9(4-3-5-10(7)15)6-16-12(19)11-8(2)17-14(20)18-13(11)21/h3-5H,6H2,1-2H3,(H,16,19)(H2,17,18,20,21). The molecule has 110 valence electrons. The Labute approximate surface area is 131 Å². The van der Waals surface area contributed by atoms with Gasteiger partial charge in [-0.1, -0.05) is 36.0 Å². The molecule has 2 rings (SSSR count). The molecule has 1 aromatic carbocycles. The summed E-state index contributed by atoms with van der Waals surface area (Å²) in [7, 11) is 0. The Balaban J connectivity index is 2.22. The van der Waals surface area contributed by atoms with E-state index in [-0.39, 0.29) is 16.1 Å². The van der Waals surface area contributed by atoms with Crippen LogP contribution in [0, 0.1) is 18.5 Å². The number of hydrogen-bond acceptors (Lipinski definition) is 3. The molecule has 0 saturated heterocycles. The van der Waals surface area contributed by atoms with Crippen LogP contribution < -0.4 is 11.0 Å². The molecule has 0 aliphatic heterocycles. The number of hydrogen-bond donors (Lipinski definition) is 3. The molecule has 0 atom stereocenters. The van der Waals surface area contributed by atoms with E-state index in [1.165, 1.54) is 0 Å². The van der Waals surface area contributed by atoms with Crippen LogP contribution in [0.3, 0.4) is 0 Å². The molecular formula is C14H14ClN3O2S. The van der Waals surface area contributed by atoms with Crippen molar-refractivity contribution in [1.29, 1.82) is 0 Å². The average Bonchev–Trinajstić information content (AvgIpc) is 2.39. The summed E-state index contributed by atoms with van der Waals surface area (Å²) in [5.74, 6) is -0.343. The third kappa shape index (κ3) is 3.40. The molecule has 0 bridgehead atoms. The predicted octanol–water partition coefficient (Wildman–Crippen LogP) is 2.63. The minimum atomic E-state index is -0.431. The van der Waals surface area contributed by atoms with E-state index < -0.39 is 5.69 Å². The second-order valence-corrected chi connectivity index (χ2v) is 5.43. The van der Waals surface area contributed by atoms with Crippen LogP contribution >= 0.6 is 23.8 Å². The zero-order valence-corrected chi connectivity index (χ0v) is 13.1. The smallest absolute Gasteiger partial charge is 0.324 e. The molecule has 7 heteroatoms. The topological polar surface area (TPSA) is 77.8 Å². The number of benzene rings is 1. The first-order valence-corrected chi connectivity index (χ1v) is 7.04. The third-order valence-electron chi connectivity index (χ3n) is 3.18. The van der Waals surface area contributed by atoms with Gasteiger partial charge in [0, 0.05) is 17.3 Å². The lowest BCUT2D eigenvalue weighted by molar-refractivity contribution is 0.0949. The van der Waals surface area contributed by atoms with Crippen LogP contribution in [0.5, 0.6) is 0 Å². The van der Waals surface area contributed by atoms with Gasteiger partial charge < -0.3 is 10.3 Å². The molecule has 0 aliphatic rings.